The third-order valence-electron chi connectivity index (χ3n) is 3.41. The summed E-state index contributed by atoms with van der Waals surface area (Å²) in [4.78, 5) is 13.2. The fourth-order valence-electron chi connectivity index (χ4n) is 2.26. The molecule has 0 atom stereocenters. The zero-order valence-electron chi connectivity index (χ0n) is 12.6. The molecular weight excluding hydrogens is 278 g/mol. The first-order valence-corrected chi connectivity index (χ1v) is 7.18. The third kappa shape index (κ3) is 2.71. The Morgan fingerprint density at radius 2 is 1.95 bits per heavy atom. The van der Waals surface area contributed by atoms with E-state index in [1.54, 1.807) is 6.33 Å². The third-order valence-corrected chi connectivity index (χ3v) is 3.41. The van der Waals surface area contributed by atoms with Gasteiger partial charge in [0.05, 0.1) is 6.33 Å². The summed E-state index contributed by atoms with van der Waals surface area (Å²) in [5.74, 6) is 6.51. The van der Waals surface area contributed by atoms with Gasteiger partial charge in [0, 0.05) is 12.6 Å². The van der Waals surface area contributed by atoms with Gasteiger partial charge in [0.15, 0.2) is 17.0 Å². The summed E-state index contributed by atoms with van der Waals surface area (Å²) in [5, 5.41) is 3.31. The minimum atomic E-state index is 0.257. The Hall–Kier alpha value is -2.67. The highest BCUT2D eigenvalue weighted by atomic mass is 15.3. The van der Waals surface area contributed by atoms with Crippen LogP contribution in [0.1, 0.15) is 25.5 Å². The van der Waals surface area contributed by atoms with Gasteiger partial charge in [0.2, 0.25) is 5.95 Å². The number of imidazole rings is 1. The number of nitrogens with one attached hydrogen (secondary N) is 2. The van der Waals surface area contributed by atoms with Crippen LogP contribution < -0.4 is 16.6 Å². The second-order valence-corrected chi connectivity index (χ2v) is 5.30. The highest BCUT2D eigenvalue weighted by molar-refractivity contribution is 5.84. The van der Waals surface area contributed by atoms with Gasteiger partial charge >= 0.3 is 0 Å². The highest BCUT2D eigenvalue weighted by Crippen LogP contribution is 2.23. The molecule has 114 valence electrons. The van der Waals surface area contributed by atoms with E-state index in [9.17, 15) is 0 Å². The molecule has 3 aromatic rings. The van der Waals surface area contributed by atoms with Crippen molar-refractivity contribution >= 4 is 22.9 Å². The van der Waals surface area contributed by atoms with Crippen LogP contribution in [-0.2, 0) is 6.54 Å². The molecule has 2 heterocycles. The number of benzene rings is 1. The molecule has 0 spiro atoms. The van der Waals surface area contributed by atoms with Gasteiger partial charge in [-0.05, 0) is 19.4 Å². The normalized spacial score (nSPS) is 11.1. The molecule has 22 heavy (non-hydrogen) atoms. The van der Waals surface area contributed by atoms with E-state index in [-0.39, 0.29) is 6.04 Å². The van der Waals surface area contributed by atoms with Crippen molar-refractivity contribution in [1.82, 2.24) is 19.5 Å². The maximum atomic E-state index is 5.48. The van der Waals surface area contributed by atoms with Crippen molar-refractivity contribution in [3.05, 3.63) is 42.2 Å². The Balaban J connectivity index is 1.97. The fourth-order valence-corrected chi connectivity index (χ4v) is 2.26. The molecule has 0 saturated heterocycles. The number of hydrogen-bond acceptors (Lipinski definition) is 6. The van der Waals surface area contributed by atoms with E-state index in [0.29, 0.717) is 18.3 Å². The van der Waals surface area contributed by atoms with Crippen LogP contribution in [0, 0.1) is 0 Å². The van der Waals surface area contributed by atoms with E-state index < -0.39 is 0 Å². The molecule has 0 saturated carbocycles. The van der Waals surface area contributed by atoms with Crippen LogP contribution in [0.15, 0.2) is 36.7 Å². The second-order valence-electron chi connectivity index (χ2n) is 5.30. The number of nitrogens with zero attached hydrogens (tertiary/aromatic N) is 4. The number of rotatable bonds is 5. The van der Waals surface area contributed by atoms with Crippen molar-refractivity contribution in [2.75, 3.05) is 10.7 Å². The monoisotopic (exact) mass is 297 g/mol. The maximum absolute atomic E-state index is 5.48. The molecular formula is C15H19N7. The van der Waals surface area contributed by atoms with E-state index in [4.69, 9.17) is 5.84 Å². The van der Waals surface area contributed by atoms with E-state index in [0.717, 1.165) is 11.2 Å². The van der Waals surface area contributed by atoms with Crippen LogP contribution in [0.2, 0.25) is 0 Å². The predicted molar refractivity (Wildman–Crippen MR) is 87.3 cm³/mol. The lowest BCUT2D eigenvalue weighted by atomic mass is 10.2. The molecule has 0 aliphatic heterocycles. The van der Waals surface area contributed by atoms with Crippen LogP contribution in [0.4, 0.5) is 11.8 Å². The topological polar surface area (TPSA) is 93.7 Å². The lowest BCUT2D eigenvalue weighted by Gasteiger charge is -2.10. The fraction of sp³-hybridized carbons (Fsp3) is 0.267. The van der Waals surface area contributed by atoms with Crippen LogP contribution in [0.3, 0.4) is 0 Å². The standard InChI is InChI=1S/C15H19N7/c1-10(2)22-9-18-12-13(19-15(21-16)20-14(12)22)17-8-11-6-4-3-5-7-11/h3-7,9-10H,8,16H2,1-2H3,(H2,17,19,20,21). The van der Waals surface area contributed by atoms with Gasteiger partial charge < -0.3 is 9.88 Å². The van der Waals surface area contributed by atoms with E-state index in [1.165, 1.54) is 5.56 Å². The Morgan fingerprint density at radius 1 is 1.18 bits per heavy atom. The molecule has 1 aromatic carbocycles. The number of hydrazine groups is 1. The van der Waals surface area contributed by atoms with Crippen molar-refractivity contribution in [2.45, 2.75) is 26.4 Å². The number of fused-ring (bicyclic) bond motifs is 1. The highest BCUT2D eigenvalue weighted by Gasteiger charge is 2.14. The zero-order chi connectivity index (χ0) is 15.5. The van der Waals surface area contributed by atoms with Crippen molar-refractivity contribution < 1.29 is 0 Å². The maximum Gasteiger partial charge on any atom is 0.241 e. The Labute approximate surface area is 128 Å². The molecule has 0 aliphatic rings. The summed E-state index contributed by atoms with van der Waals surface area (Å²) in [6.07, 6.45) is 1.78. The number of nitrogen functional groups attached to an aromatic ring is 1. The smallest absolute Gasteiger partial charge is 0.241 e. The Bertz CT molecular complexity index is 764. The zero-order valence-corrected chi connectivity index (χ0v) is 12.6. The largest absolute Gasteiger partial charge is 0.364 e. The summed E-state index contributed by atoms with van der Waals surface area (Å²) in [6, 6.07) is 10.4. The van der Waals surface area contributed by atoms with Gasteiger partial charge in [-0.1, -0.05) is 30.3 Å². The molecule has 3 rings (SSSR count). The number of aromatic nitrogens is 4. The molecule has 4 N–H and O–H groups in total. The van der Waals surface area contributed by atoms with Gasteiger partial charge in [-0.25, -0.2) is 10.8 Å². The summed E-state index contributed by atoms with van der Waals surface area (Å²) >= 11 is 0. The second kappa shape index (κ2) is 5.98. The van der Waals surface area contributed by atoms with Gasteiger partial charge in [0.25, 0.3) is 0 Å². The van der Waals surface area contributed by atoms with Crippen LogP contribution in [0.25, 0.3) is 11.2 Å². The average molecular weight is 297 g/mol. The Kier molecular flexibility index (Phi) is 3.88. The summed E-state index contributed by atoms with van der Waals surface area (Å²) in [5.41, 5.74) is 5.17. The van der Waals surface area contributed by atoms with E-state index in [1.807, 2.05) is 22.8 Å². The SMILES string of the molecule is CC(C)n1cnc2c(NCc3ccccc3)nc(NN)nc21. The quantitative estimate of drug-likeness (QED) is 0.494. The van der Waals surface area contributed by atoms with Gasteiger partial charge in [-0.2, -0.15) is 9.97 Å². The molecule has 0 aliphatic carbocycles. The van der Waals surface area contributed by atoms with Gasteiger partial charge in [-0.15, -0.1) is 0 Å². The number of anilines is 2. The molecule has 0 bridgehead atoms. The summed E-state index contributed by atoms with van der Waals surface area (Å²) < 4.78 is 1.99. The van der Waals surface area contributed by atoms with Crippen molar-refractivity contribution in [1.29, 1.82) is 0 Å². The van der Waals surface area contributed by atoms with Crippen LogP contribution in [-0.4, -0.2) is 19.5 Å². The first-order valence-electron chi connectivity index (χ1n) is 7.18. The molecule has 0 amide bonds. The van der Waals surface area contributed by atoms with E-state index in [2.05, 4.69) is 51.7 Å². The molecule has 2 aromatic heterocycles. The lowest BCUT2D eigenvalue weighted by molar-refractivity contribution is 0.613. The Morgan fingerprint density at radius 3 is 2.64 bits per heavy atom. The minimum Gasteiger partial charge on any atom is -0.364 e. The lowest BCUT2D eigenvalue weighted by Crippen LogP contribution is -2.13. The van der Waals surface area contributed by atoms with Crippen LogP contribution in [0.5, 0.6) is 0 Å². The number of nitrogens with two attached hydrogens (primary N) is 1. The summed E-state index contributed by atoms with van der Waals surface area (Å²) in [6.45, 7) is 4.82. The molecule has 0 radical (unpaired) electrons. The molecule has 0 unspecified atom stereocenters. The molecule has 7 heteroatoms. The minimum absolute atomic E-state index is 0.257. The van der Waals surface area contributed by atoms with Crippen molar-refractivity contribution in [3.8, 4) is 0 Å². The number of hydrogen-bond donors (Lipinski definition) is 3. The van der Waals surface area contributed by atoms with Gasteiger partial charge in [-0.3, -0.25) is 5.43 Å². The molecule has 7 nitrogen and oxygen atoms in total. The van der Waals surface area contributed by atoms with Crippen molar-refractivity contribution in [3.63, 3.8) is 0 Å². The first-order chi connectivity index (χ1) is 10.7. The van der Waals surface area contributed by atoms with Gasteiger partial charge in [0.1, 0.15) is 0 Å². The summed E-state index contributed by atoms with van der Waals surface area (Å²) in [7, 11) is 0. The average Bonchev–Trinajstić information content (AvgIpc) is 2.97. The predicted octanol–water partition coefficient (Wildman–Crippen LogP) is 2.30. The molecule has 0 fully saturated rings. The van der Waals surface area contributed by atoms with Crippen LogP contribution >= 0.6 is 0 Å². The van der Waals surface area contributed by atoms with Crippen molar-refractivity contribution in [2.24, 2.45) is 5.84 Å². The first kappa shape index (κ1) is 14.3. The van der Waals surface area contributed by atoms with E-state index >= 15 is 0 Å².